The Morgan fingerprint density at radius 2 is 1.20 bits per heavy atom. The summed E-state index contributed by atoms with van der Waals surface area (Å²) in [7, 11) is 0. The quantitative estimate of drug-likeness (QED) is 0.393. The van der Waals surface area contributed by atoms with Gasteiger partial charge < -0.3 is 0 Å². The molecule has 4 rings (SSSR count). The molecule has 0 aliphatic carbocycles. The van der Waals surface area contributed by atoms with Crippen molar-refractivity contribution in [2.75, 3.05) is 0 Å². The van der Waals surface area contributed by atoms with Crippen molar-refractivity contribution < 1.29 is 0 Å². The number of hydrogen-bond acceptors (Lipinski definition) is 2. The molecule has 2 nitrogen and oxygen atoms in total. The van der Waals surface area contributed by atoms with Gasteiger partial charge in [-0.05, 0) is 52.8 Å². The predicted octanol–water partition coefficient (Wildman–Crippen LogP) is 6.49. The first-order chi connectivity index (χ1) is 12.0. The summed E-state index contributed by atoms with van der Waals surface area (Å²) in [6.07, 6.45) is 1.88. The second-order valence-electron chi connectivity index (χ2n) is 7.63. The fraction of sp³-hybridized carbons (Fsp3) is 0.304. The van der Waals surface area contributed by atoms with E-state index in [0.717, 1.165) is 16.7 Å². The minimum Gasteiger partial charge on any atom is -0.252 e. The zero-order chi connectivity index (χ0) is 17.7. The number of benzene rings is 3. The molecule has 0 amide bonds. The zero-order valence-corrected chi connectivity index (χ0v) is 15.6. The van der Waals surface area contributed by atoms with E-state index >= 15 is 0 Å². The molecule has 0 saturated heterocycles. The maximum Gasteiger partial charge on any atom is 0.0974 e. The Morgan fingerprint density at radius 1 is 0.680 bits per heavy atom. The molecule has 4 aromatic rings. The molecule has 0 saturated carbocycles. The lowest BCUT2D eigenvalue weighted by atomic mass is 9.92. The van der Waals surface area contributed by atoms with Crippen LogP contribution in [0.3, 0.4) is 0 Å². The van der Waals surface area contributed by atoms with Gasteiger partial charge in [0.2, 0.25) is 0 Å². The summed E-state index contributed by atoms with van der Waals surface area (Å²) in [6.45, 7) is 10.9. The highest BCUT2D eigenvalue weighted by molar-refractivity contribution is 6.23. The van der Waals surface area contributed by atoms with E-state index in [1.54, 1.807) is 0 Å². The number of hydrogen-bond donors (Lipinski definition) is 0. The lowest BCUT2D eigenvalue weighted by Gasteiger charge is -2.14. The summed E-state index contributed by atoms with van der Waals surface area (Å²) in [4.78, 5) is 9.64. The van der Waals surface area contributed by atoms with E-state index in [2.05, 4.69) is 64.1 Å². The maximum atomic E-state index is 4.87. The van der Waals surface area contributed by atoms with Gasteiger partial charge >= 0.3 is 0 Å². The third-order valence-electron chi connectivity index (χ3n) is 5.11. The van der Waals surface area contributed by atoms with Crippen LogP contribution in [0.4, 0.5) is 0 Å². The third kappa shape index (κ3) is 2.57. The van der Waals surface area contributed by atoms with E-state index in [-0.39, 0.29) is 0 Å². The summed E-state index contributed by atoms with van der Waals surface area (Å²) >= 11 is 0. The molecule has 0 bridgehead atoms. The van der Waals surface area contributed by atoms with Gasteiger partial charge in [0, 0.05) is 17.0 Å². The molecule has 0 radical (unpaired) electrons. The molecule has 1 heterocycles. The van der Waals surface area contributed by atoms with Crippen molar-refractivity contribution in [3.63, 3.8) is 0 Å². The Labute approximate surface area is 148 Å². The summed E-state index contributed by atoms with van der Waals surface area (Å²) in [5, 5.41) is 4.95. The molecular weight excluding hydrogens is 304 g/mol. The fourth-order valence-corrected chi connectivity index (χ4v) is 3.57. The number of rotatable bonds is 2. The van der Waals surface area contributed by atoms with Crippen LogP contribution < -0.4 is 0 Å². The lowest BCUT2D eigenvalue weighted by Crippen LogP contribution is -1.95. The molecule has 3 aromatic carbocycles. The van der Waals surface area contributed by atoms with Crippen LogP contribution in [0.15, 0.2) is 42.6 Å². The van der Waals surface area contributed by atoms with Crippen LogP contribution in [0.1, 0.15) is 56.4 Å². The van der Waals surface area contributed by atoms with Crippen molar-refractivity contribution in [1.29, 1.82) is 0 Å². The first kappa shape index (κ1) is 16.0. The monoisotopic (exact) mass is 328 g/mol. The molecule has 0 unspecified atom stereocenters. The second kappa shape index (κ2) is 5.80. The average Bonchev–Trinajstić information content (AvgIpc) is 2.60. The molecule has 1 aromatic heterocycles. The maximum absolute atomic E-state index is 4.87. The van der Waals surface area contributed by atoms with Gasteiger partial charge in [-0.25, -0.2) is 4.98 Å². The lowest BCUT2D eigenvalue weighted by molar-refractivity contribution is 0.868. The Bertz CT molecular complexity index is 1110. The number of nitrogens with zero attached hydrogens (tertiary/aromatic N) is 2. The molecule has 0 spiro atoms. The van der Waals surface area contributed by atoms with Gasteiger partial charge in [0.25, 0.3) is 0 Å². The number of aryl methyl sites for hydroxylation is 1. The molecule has 2 heteroatoms. The van der Waals surface area contributed by atoms with Crippen molar-refractivity contribution in [3.8, 4) is 0 Å². The Morgan fingerprint density at radius 3 is 1.72 bits per heavy atom. The largest absolute Gasteiger partial charge is 0.252 e. The third-order valence-corrected chi connectivity index (χ3v) is 5.11. The van der Waals surface area contributed by atoms with Crippen LogP contribution in [0.2, 0.25) is 0 Å². The average molecular weight is 328 g/mol. The van der Waals surface area contributed by atoms with Gasteiger partial charge in [-0.15, -0.1) is 0 Å². The van der Waals surface area contributed by atoms with Crippen LogP contribution in [0.25, 0.3) is 32.6 Å². The molecule has 0 N–H and O–H groups in total. The smallest absolute Gasteiger partial charge is 0.0974 e. The Hall–Kier alpha value is -2.48. The highest BCUT2D eigenvalue weighted by atomic mass is 14.8. The van der Waals surface area contributed by atoms with E-state index < -0.39 is 0 Å². The highest BCUT2D eigenvalue weighted by Gasteiger charge is 2.13. The molecule has 126 valence electrons. The summed E-state index contributed by atoms with van der Waals surface area (Å²) in [6, 6.07) is 13.6. The van der Waals surface area contributed by atoms with Crippen molar-refractivity contribution in [2.24, 2.45) is 0 Å². The molecule has 0 aliphatic rings. The van der Waals surface area contributed by atoms with Gasteiger partial charge in [0.15, 0.2) is 0 Å². The van der Waals surface area contributed by atoms with E-state index in [9.17, 15) is 0 Å². The summed E-state index contributed by atoms with van der Waals surface area (Å²) in [5.41, 5.74) is 5.68. The number of aromatic nitrogens is 2. The van der Waals surface area contributed by atoms with Crippen LogP contribution in [-0.4, -0.2) is 9.97 Å². The topological polar surface area (TPSA) is 25.8 Å². The van der Waals surface area contributed by atoms with Crippen LogP contribution in [-0.2, 0) is 0 Å². The van der Waals surface area contributed by atoms with E-state index in [1.165, 1.54) is 32.7 Å². The highest BCUT2D eigenvalue weighted by Crippen LogP contribution is 2.36. The van der Waals surface area contributed by atoms with Crippen molar-refractivity contribution in [2.45, 2.75) is 46.5 Å². The normalized spacial score (nSPS) is 12.1. The van der Waals surface area contributed by atoms with Crippen LogP contribution in [0, 0.1) is 6.92 Å². The molecule has 0 atom stereocenters. The van der Waals surface area contributed by atoms with Crippen LogP contribution >= 0.6 is 0 Å². The van der Waals surface area contributed by atoms with Gasteiger partial charge in [-0.3, -0.25) is 4.98 Å². The van der Waals surface area contributed by atoms with Gasteiger partial charge in [-0.1, -0.05) is 52.0 Å². The Kier molecular flexibility index (Phi) is 3.72. The zero-order valence-electron chi connectivity index (χ0n) is 15.6. The summed E-state index contributed by atoms with van der Waals surface area (Å²) < 4.78 is 0. The first-order valence-electron chi connectivity index (χ1n) is 9.08. The van der Waals surface area contributed by atoms with Crippen molar-refractivity contribution in [3.05, 3.63) is 59.4 Å². The first-order valence-corrected chi connectivity index (χ1v) is 9.08. The van der Waals surface area contributed by atoms with Gasteiger partial charge in [0.1, 0.15) is 0 Å². The second-order valence-corrected chi connectivity index (χ2v) is 7.63. The molecule has 25 heavy (non-hydrogen) atoms. The van der Waals surface area contributed by atoms with E-state index in [0.29, 0.717) is 11.8 Å². The molecule has 0 aliphatic heterocycles. The Balaban J connectivity index is 2.23. The van der Waals surface area contributed by atoms with Gasteiger partial charge in [-0.2, -0.15) is 0 Å². The van der Waals surface area contributed by atoms with Crippen LogP contribution in [0.5, 0.6) is 0 Å². The van der Waals surface area contributed by atoms with E-state index in [1.807, 2.05) is 13.1 Å². The standard InChI is InChI=1S/C23H24N2/c1-13(2)16-6-8-18-19-9-7-17(14(3)4)11-21(19)23-22(20(18)10-16)24-12-15(5)25-23/h6-14H,1-5H3. The fourth-order valence-electron chi connectivity index (χ4n) is 3.57. The SMILES string of the molecule is Cc1cnc2c3cc(C(C)C)ccc3c3ccc(C(C)C)cc3c2n1. The minimum absolute atomic E-state index is 0.497. The van der Waals surface area contributed by atoms with Crippen molar-refractivity contribution in [1.82, 2.24) is 9.97 Å². The number of fused-ring (bicyclic) bond motifs is 6. The van der Waals surface area contributed by atoms with Crippen molar-refractivity contribution >= 4 is 32.6 Å². The minimum atomic E-state index is 0.497. The van der Waals surface area contributed by atoms with Gasteiger partial charge in [0.05, 0.1) is 16.7 Å². The van der Waals surface area contributed by atoms with E-state index in [4.69, 9.17) is 9.97 Å². The predicted molar refractivity (Wildman–Crippen MR) is 107 cm³/mol. The summed E-state index contributed by atoms with van der Waals surface area (Å²) in [5.74, 6) is 0.994. The molecular formula is C23H24N2. The molecule has 0 fully saturated rings.